The number of allylic oxidation sites excluding steroid dienone is 1. The van der Waals surface area contributed by atoms with Crippen molar-refractivity contribution >= 4 is 5.97 Å². The highest BCUT2D eigenvalue weighted by Gasteiger charge is 2.68. The number of hydrogen-bond donors (Lipinski definition) is 2. The largest absolute Gasteiger partial charge is 0.458 e. The second-order valence-corrected chi connectivity index (χ2v) is 11.7. The summed E-state index contributed by atoms with van der Waals surface area (Å²) < 4.78 is 6.02. The van der Waals surface area contributed by atoms with E-state index in [2.05, 4.69) is 20.8 Å². The molecule has 4 aliphatic rings. The van der Waals surface area contributed by atoms with Crippen LogP contribution in [0.15, 0.2) is 11.6 Å². The number of rotatable bonds is 3. The van der Waals surface area contributed by atoms with Crippen molar-refractivity contribution in [1.29, 1.82) is 0 Å². The highest BCUT2D eigenvalue weighted by atomic mass is 16.5. The lowest BCUT2D eigenvalue weighted by atomic mass is 9.41. The minimum absolute atomic E-state index is 0.0358. The molecule has 1 spiro atoms. The first kappa shape index (κ1) is 21.4. The van der Waals surface area contributed by atoms with Gasteiger partial charge in [-0.3, -0.25) is 0 Å². The van der Waals surface area contributed by atoms with Crippen LogP contribution in [0.4, 0.5) is 0 Å². The third-order valence-electron chi connectivity index (χ3n) is 10.1. The maximum Gasteiger partial charge on any atom is 0.333 e. The van der Waals surface area contributed by atoms with Crippen LogP contribution < -0.4 is 0 Å². The van der Waals surface area contributed by atoms with Crippen molar-refractivity contribution in [2.45, 2.75) is 97.7 Å². The van der Waals surface area contributed by atoms with Crippen molar-refractivity contribution in [3.8, 4) is 0 Å². The topological polar surface area (TPSA) is 66.8 Å². The maximum atomic E-state index is 12.5. The van der Waals surface area contributed by atoms with Crippen LogP contribution in [0.25, 0.3) is 0 Å². The Hall–Kier alpha value is -0.870. The SMILES string of the molecule is C/C=C(/C)C(=O)O[C@@H]1CC[C@]2(C)[C@H](CC[C@@]34C[C@@H](CC[C@@H]32)[C@@](O)(CO)C4)C1(C)C. The highest BCUT2D eigenvalue weighted by Crippen LogP contribution is 2.73. The molecule has 164 valence electrons. The number of aliphatic hydroxyl groups excluding tert-OH is 1. The number of esters is 1. The monoisotopic (exact) mass is 404 g/mol. The van der Waals surface area contributed by atoms with Crippen LogP contribution in [0, 0.1) is 34.0 Å². The zero-order valence-electron chi connectivity index (χ0n) is 19.0. The molecule has 0 aliphatic heterocycles. The van der Waals surface area contributed by atoms with E-state index in [1.165, 1.54) is 0 Å². The van der Waals surface area contributed by atoms with Crippen molar-refractivity contribution < 1.29 is 19.7 Å². The summed E-state index contributed by atoms with van der Waals surface area (Å²) >= 11 is 0. The molecular weight excluding hydrogens is 364 g/mol. The number of ether oxygens (including phenoxy) is 1. The standard InChI is InChI=1S/C25H40O4/c1-6-16(2)21(27)29-20-10-11-23(5)18(22(20,3)4)9-12-24-13-17(7-8-19(23)24)25(28,14-24)15-26/h6,17-20,26,28H,7-15H2,1-5H3/b16-6-/t17-,18-,19-,20-,23-,24+,25+/m1/s1. The molecule has 2 N–H and O–H groups in total. The zero-order chi connectivity index (χ0) is 21.2. The number of carbonyl (C=O) groups excluding carboxylic acids is 1. The first-order valence-corrected chi connectivity index (χ1v) is 11.7. The van der Waals surface area contributed by atoms with Gasteiger partial charge in [0.05, 0.1) is 12.2 Å². The molecule has 0 heterocycles. The van der Waals surface area contributed by atoms with Gasteiger partial charge in [-0.05, 0) is 93.8 Å². The van der Waals surface area contributed by atoms with Crippen LogP contribution in [0.1, 0.15) is 86.0 Å². The Labute approximate surface area is 176 Å². The second-order valence-electron chi connectivity index (χ2n) is 11.7. The van der Waals surface area contributed by atoms with E-state index in [-0.39, 0.29) is 40.8 Å². The maximum absolute atomic E-state index is 12.5. The Bertz CT molecular complexity index is 712. The number of hydrogen-bond acceptors (Lipinski definition) is 4. The van der Waals surface area contributed by atoms with Gasteiger partial charge in [-0.25, -0.2) is 4.79 Å². The highest BCUT2D eigenvalue weighted by molar-refractivity contribution is 5.87. The summed E-state index contributed by atoms with van der Waals surface area (Å²) in [6.45, 7) is 10.7. The van der Waals surface area contributed by atoms with Gasteiger partial charge in [0.2, 0.25) is 0 Å². The molecule has 29 heavy (non-hydrogen) atoms. The van der Waals surface area contributed by atoms with Crippen LogP contribution in [-0.4, -0.2) is 34.5 Å². The van der Waals surface area contributed by atoms with Gasteiger partial charge in [-0.2, -0.15) is 0 Å². The van der Waals surface area contributed by atoms with Gasteiger partial charge in [0.15, 0.2) is 0 Å². The molecule has 0 amide bonds. The van der Waals surface area contributed by atoms with Gasteiger partial charge in [0.1, 0.15) is 6.10 Å². The van der Waals surface area contributed by atoms with E-state index in [1.807, 2.05) is 19.9 Å². The predicted octanol–water partition coefficient (Wildman–Crippen LogP) is 4.63. The normalized spacial score (nSPS) is 48.6. The van der Waals surface area contributed by atoms with Crippen LogP contribution in [0.5, 0.6) is 0 Å². The Kier molecular flexibility index (Phi) is 5.02. The second kappa shape index (κ2) is 6.82. The lowest BCUT2D eigenvalue weighted by molar-refractivity contribution is -0.196. The fraction of sp³-hybridized carbons (Fsp3) is 0.880. The Balaban J connectivity index is 1.60. The summed E-state index contributed by atoms with van der Waals surface area (Å²) in [7, 11) is 0. The van der Waals surface area contributed by atoms with E-state index in [1.54, 1.807) is 0 Å². The summed E-state index contributed by atoms with van der Waals surface area (Å²) in [5.74, 6) is 1.20. The molecule has 4 rings (SSSR count). The molecular formula is C25H40O4. The summed E-state index contributed by atoms with van der Waals surface area (Å²) in [6.07, 6.45) is 10.1. The summed E-state index contributed by atoms with van der Waals surface area (Å²) in [5.41, 5.74) is 0.161. The fourth-order valence-corrected chi connectivity index (χ4v) is 8.56. The summed E-state index contributed by atoms with van der Waals surface area (Å²) in [4.78, 5) is 12.5. The average molecular weight is 405 g/mol. The molecule has 0 radical (unpaired) electrons. The van der Waals surface area contributed by atoms with Crippen molar-refractivity contribution in [3.63, 3.8) is 0 Å². The van der Waals surface area contributed by atoms with Gasteiger partial charge in [0, 0.05) is 11.0 Å². The van der Waals surface area contributed by atoms with Gasteiger partial charge < -0.3 is 14.9 Å². The molecule has 4 aliphatic carbocycles. The van der Waals surface area contributed by atoms with Crippen LogP contribution in [0.2, 0.25) is 0 Å². The van der Waals surface area contributed by atoms with Crippen molar-refractivity contribution in [2.24, 2.45) is 34.0 Å². The lowest BCUT2D eigenvalue weighted by Crippen LogP contribution is -2.59. The summed E-state index contributed by atoms with van der Waals surface area (Å²) in [6, 6.07) is 0. The molecule has 4 saturated carbocycles. The molecule has 4 nitrogen and oxygen atoms in total. The molecule has 0 saturated heterocycles. The number of fused-ring (bicyclic) bond motifs is 3. The van der Waals surface area contributed by atoms with Gasteiger partial charge >= 0.3 is 5.97 Å². The van der Waals surface area contributed by atoms with Gasteiger partial charge in [-0.1, -0.05) is 26.8 Å². The average Bonchev–Trinajstić information content (AvgIpc) is 2.89. The molecule has 0 aromatic rings. The minimum Gasteiger partial charge on any atom is -0.458 e. The smallest absolute Gasteiger partial charge is 0.333 e. The van der Waals surface area contributed by atoms with E-state index >= 15 is 0 Å². The molecule has 2 bridgehead atoms. The Morgan fingerprint density at radius 3 is 2.48 bits per heavy atom. The van der Waals surface area contributed by atoms with Crippen molar-refractivity contribution in [2.75, 3.05) is 6.61 Å². The third kappa shape index (κ3) is 2.96. The van der Waals surface area contributed by atoms with Crippen LogP contribution in [-0.2, 0) is 9.53 Å². The molecule has 4 fully saturated rings. The van der Waals surface area contributed by atoms with Gasteiger partial charge in [-0.15, -0.1) is 0 Å². The van der Waals surface area contributed by atoms with Crippen molar-refractivity contribution in [3.05, 3.63) is 11.6 Å². The van der Waals surface area contributed by atoms with E-state index in [0.29, 0.717) is 17.4 Å². The van der Waals surface area contributed by atoms with Crippen LogP contribution >= 0.6 is 0 Å². The third-order valence-corrected chi connectivity index (χ3v) is 10.1. The molecule has 0 unspecified atom stereocenters. The Morgan fingerprint density at radius 1 is 1.10 bits per heavy atom. The van der Waals surface area contributed by atoms with E-state index in [0.717, 1.165) is 51.4 Å². The number of aliphatic hydroxyl groups is 2. The molecule has 4 heteroatoms. The van der Waals surface area contributed by atoms with E-state index < -0.39 is 5.60 Å². The number of carbonyl (C=O) groups is 1. The first-order chi connectivity index (χ1) is 13.5. The van der Waals surface area contributed by atoms with E-state index in [9.17, 15) is 15.0 Å². The molecule has 7 atom stereocenters. The lowest BCUT2D eigenvalue weighted by Gasteiger charge is -2.65. The summed E-state index contributed by atoms with van der Waals surface area (Å²) in [5, 5.41) is 21.0. The zero-order valence-corrected chi connectivity index (χ0v) is 19.0. The van der Waals surface area contributed by atoms with Crippen LogP contribution in [0.3, 0.4) is 0 Å². The van der Waals surface area contributed by atoms with Gasteiger partial charge in [0.25, 0.3) is 0 Å². The Morgan fingerprint density at radius 2 is 1.83 bits per heavy atom. The first-order valence-electron chi connectivity index (χ1n) is 11.7. The molecule has 0 aromatic carbocycles. The predicted molar refractivity (Wildman–Crippen MR) is 113 cm³/mol. The van der Waals surface area contributed by atoms with Crippen molar-refractivity contribution in [1.82, 2.24) is 0 Å². The molecule has 0 aromatic heterocycles. The van der Waals surface area contributed by atoms with E-state index in [4.69, 9.17) is 4.74 Å². The quantitative estimate of drug-likeness (QED) is 0.532. The minimum atomic E-state index is -0.871. The fourth-order valence-electron chi connectivity index (χ4n) is 8.56.